The van der Waals surface area contributed by atoms with Gasteiger partial charge in [0.15, 0.2) is 6.29 Å². The number of aryl methyl sites for hydroxylation is 1. The second kappa shape index (κ2) is 11.1. The van der Waals surface area contributed by atoms with E-state index in [9.17, 15) is 9.59 Å². The Morgan fingerprint density at radius 1 is 1.05 bits per heavy atom. The molecule has 2 atom stereocenters. The van der Waals surface area contributed by atoms with Crippen LogP contribution in [0.2, 0.25) is 0 Å². The first-order valence-electron chi connectivity index (χ1n) is 14.0. The first kappa shape index (κ1) is 26.6. The van der Waals surface area contributed by atoms with E-state index in [0.29, 0.717) is 30.4 Å². The van der Waals surface area contributed by atoms with E-state index in [-0.39, 0.29) is 12.3 Å². The van der Waals surface area contributed by atoms with E-state index < -0.39 is 11.2 Å². The molecule has 2 aliphatic heterocycles. The van der Waals surface area contributed by atoms with Crippen LogP contribution in [-0.4, -0.2) is 56.4 Å². The summed E-state index contributed by atoms with van der Waals surface area (Å²) in [5, 5.41) is 4.69. The predicted molar refractivity (Wildman–Crippen MR) is 162 cm³/mol. The number of hydrogen-bond donors (Lipinski definition) is 2. The first-order chi connectivity index (χ1) is 19.9. The fourth-order valence-electron chi connectivity index (χ4n) is 6.08. The maximum atomic E-state index is 13.4. The number of para-hydroxylation sites is 2. The molecule has 6 rings (SSSR count). The molecule has 1 fully saturated rings. The molecule has 2 N–H and O–H groups in total. The summed E-state index contributed by atoms with van der Waals surface area (Å²) in [6.45, 7) is 6.03. The van der Waals surface area contributed by atoms with Crippen molar-refractivity contribution in [3.63, 3.8) is 0 Å². The average Bonchev–Trinajstić information content (AvgIpc) is 3.29. The van der Waals surface area contributed by atoms with Gasteiger partial charge in [-0.05, 0) is 44.9 Å². The number of nitrogens with one attached hydrogen (secondary N) is 2. The molecule has 210 valence electrons. The van der Waals surface area contributed by atoms with E-state index in [1.807, 2.05) is 54.3 Å². The average molecular weight is 551 g/mol. The second-order valence-electron chi connectivity index (χ2n) is 10.6. The summed E-state index contributed by atoms with van der Waals surface area (Å²) >= 11 is 0. The van der Waals surface area contributed by atoms with Crippen LogP contribution >= 0.6 is 0 Å². The van der Waals surface area contributed by atoms with Gasteiger partial charge >= 0.3 is 5.69 Å². The van der Waals surface area contributed by atoms with Crippen molar-refractivity contribution in [1.82, 2.24) is 24.4 Å². The van der Waals surface area contributed by atoms with Gasteiger partial charge < -0.3 is 15.1 Å². The minimum atomic E-state index is -0.459. The summed E-state index contributed by atoms with van der Waals surface area (Å²) in [7, 11) is 1.69. The summed E-state index contributed by atoms with van der Waals surface area (Å²) in [4.78, 5) is 45.0. The van der Waals surface area contributed by atoms with Gasteiger partial charge in [-0.15, -0.1) is 5.92 Å². The molecule has 41 heavy (non-hydrogen) atoms. The van der Waals surface area contributed by atoms with Crippen LogP contribution in [0.3, 0.4) is 0 Å². The van der Waals surface area contributed by atoms with Crippen LogP contribution in [0.4, 0.5) is 17.2 Å². The first-order valence-corrected chi connectivity index (χ1v) is 14.0. The number of benzene rings is 2. The normalized spacial score (nSPS) is 18.7. The number of aromatic amines is 1. The van der Waals surface area contributed by atoms with E-state index >= 15 is 0 Å². The van der Waals surface area contributed by atoms with Crippen LogP contribution in [0, 0.1) is 18.8 Å². The highest BCUT2D eigenvalue weighted by Crippen LogP contribution is 2.38. The molecule has 2 aromatic heterocycles. The Balaban J connectivity index is 1.43. The summed E-state index contributed by atoms with van der Waals surface area (Å²) in [5.74, 6) is 7.33. The molecular formula is C31H34N8O2. The number of piperidine rings is 1. The fourth-order valence-corrected chi connectivity index (χ4v) is 6.08. The van der Waals surface area contributed by atoms with E-state index in [1.54, 1.807) is 14.0 Å². The lowest BCUT2D eigenvalue weighted by Gasteiger charge is -2.44. The Kier molecular flexibility index (Phi) is 7.20. The third kappa shape index (κ3) is 5.05. The monoisotopic (exact) mass is 550 g/mol. The Bertz CT molecular complexity index is 1750. The molecule has 1 saturated heterocycles. The van der Waals surface area contributed by atoms with Gasteiger partial charge in [0, 0.05) is 42.9 Å². The molecule has 10 nitrogen and oxygen atoms in total. The third-order valence-corrected chi connectivity index (χ3v) is 7.89. The van der Waals surface area contributed by atoms with Crippen LogP contribution in [0.1, 0.15) is 31.3 Å². The van der Waals surface area contributed by atoms with Crippen molar-refractivity contribution in [3.8, 4) is 11.8 Å². The number of nitrogens with zero attached hydrogens (tertiary/aromatic N) is 6. The minimum absolute atomic E-state index is 0.220. The number of likely N-dealkylation sites (tertiary alicyclic amines) is 1. The van der Waals surface area contributed by atoms with Gasteiger partial charge in [0.05, 0.1) is 18.6 Å². The molecule has 2 aromatic carbocycles. The van der Waals surface area contributed by atoms with Crippen molar-refractivity contribution >= 4 is 28.1 Å². The van der Waals surface area contributed by atoms with E-state index in [0.717, 1.165) is 48.2 Å². The van der Waals surface area contributed by atoms with Crippen LogP contribution in [0.5, 0.6) is 0 Å². The standard InChI is InChI=1S/C31H34N8O2/c1-4-5-18-38-27-28(40)35-30(41)36(3)29(27)39(20-26-32-21(2)24-15-9-10-16-25(24)34-26)31(38)37-17-11-14-23(19-37)33-22-12-7-6-8-13-22/h6-10,12-13,15-16,23,31,33H,11,14,17-20H2,1-3H3,(H,35,40,41)/t23-,31?/m1/s1. The zero-order chi connectivity index (χ0) is 28.5. The lowest BCUT2D eigenvalue weighted by Crippen LogP contribution is -2.59. The number of hydrogen-bond acceptors (Lipinski definition) is 8. The molecule has 0 bridgehead atoms. The van der Waals surface area contributed by atoms with Crippen molar-refractivity contribution < 1.29 is 0 Å². The number of anilines is 3. The highest BCUT2D eigenvalue weighted by molar-refractivity contribution is 5.80. The second-order valence-corrected chi connectivity index (χ2v) is 10.6. The molecule has 0 saturated carbocycles. The van der Waals surface area contributed by atoms with Crippen molar-refractivity contribution in [3.05, 3.63) is 87.0 Å². The minimum Gasteiger partial charge on any atom is -0.381 e. The molecule has 0 aliphatic carbocycles. The van der Waals surface area contributed by atoms with Gasteiger partial charge in [-0.25, -0.2) is 14.8 Å². The summed E-state index contributed by atoms with van der Waals surface area (Å²) in [5.41, 5.74) is 2.40. The van der Waals surface area contributed by atoms with Gasteiger partial charge in [0.2, 0.25) is 0 Å². The molecule has 10 heteroatoms. The van der Waals surface area contributed by atoms with Crippen molar-refractivity contribution in [2.75, 3.05) is 34.8 Å². The van der Waals surface area contributed by atoms with Gasteiger partial charge in [0.1, 0.15) is 17.3 Å². The Labute approximate surface area is 238 Å². The molecule has 2 aliphatic rings. The molecule has 0 radical (unpaired) electrons. The third-order valence-electron chi connectivity index (χ3n) is 7.89. The zero-order valence-electron chi connectivity index (χ0n) is 23.6. The van der Waals surface area contributed by atoms with Crippen LogP contribution in [-0.2, 0) is 13.6 Å². The van der Waals surface area contributed by atoms with Crippen molar-refractivity contribution in [2.45, 2.75) is 45.6 Å². The van der Waals surface area contributed by atoms with Crippen LogP contribution < -0.4 is 26.4 Å². The summed E-state index contributed by atoms with van der Waals surface area (Å²) in [6, 6.07) is 18.4. The van der Waals surface area contributed by atoms with Gasteiger partial charge in [-0.3, -0.25) is 19.2 Å². The summed E-state index contributed by atoms with van der Waals surface area (Å²) in [6.07, 6.45) is 1.67. The maximum absolute atomic E-state index is 13.4. The molecule has 0 spiro atoms. The Hall–Kier alpha value is -4.62. The van der Waals surface area contributed by atoms with Gasteiger partial charge in [-0.2, -0.15) is 0 Å². The number of fused-ring (bicyclic) bond motifs is 2. The molecule has 4 aromatic rings. The van der Waals surface area contributed by atoms with Gasteiger partial charge in [0.25, 0.3) is 5.56 Å². The SMILES string of the molecule is CC#CCN1c2c(n(C)c(=O)[nH]c2=O)N(Cc2nc(C)c3ccccc3n2)C1N1CCC[C@@H](Nc2ccccc2)C1. The highest BCUT2D eigenvalue weighted by atomic mass is 16.2. The van der Waals surface area contributed by atoms with E-state index in [2.05, 4.69) is 44.1 Å². The zero-order valence-corrected chi connectivity index (χ0v) is 23.6. The molecular weight excluding hydrogens is 516 g/mol. The molecule has 1 unspecified atom stereocenters. The topological polar surface area (TPSA) is 102 Å². The van der Waals surface area contributed by atoms with Crippen molar-refractivity contribution in [1.29, 1.82) is 0 Å². The molecule has 0 amide bonds. The highest BCUT2D eigenvalue weighted by Gasteiger charge is 2.44. The summed E-state index contributed by atoms with van der Waals surface area (Å²) < 4.78 is 1.51. The smallest absolute Gasteiger partial charge is 0.329 e. The Morgan fingerprint density at radius 2 is 1.83 bits per heavy atom. The van der Waals surface area contributed by atoms with E-state index in [4.69, 9.17) is 9.97 Å². The van der Waals surface area contributed by atoms with Gasteiger partial charge in [-0.1, -0.05) is 42.3 Å². The van der Waals surface area contributed by atoms with E-state index in [1.165, 1.54) is 4.57 Å². The largest absolute Gasteiger partial charge is 0.381 e. The van der Waals surface area contributed by atoms with Crippen molar-refractivity contribution in [2.24, 2.45) is 7.05 Å². The van der Waals surface area contributed by atoms with Crippen LogP contribution in [0.15, 0.2) is 64.2 Å². The lowest BCUT2D eigenvalue weighted by molar-refractivity contribution is 0.150. The lowest BCUT2D eigenvalue weighted by atomic mass is 10.1. The quantitative estimate of drug-likeness (QED) is 0.354. The number of rotatable bonds is 6. The molecule has 4 heterocycles. The Morgan fingerprint density at radius 3 is 2.63 bits per heavy atom. The predicted octanol–water partition coefficient (Wildman–Crippen LogP) is 3.04. The number of H-pyrrole nitrogens is 1. The fraction of sp³-hybridized carbons (Fsp3) is 0.355. The van der Waals surface area contributed by atoms with Crippen LogP contribution in [0.25, 0.3) is 10.9 Å². The number of aromatic nitrogens is 4. The maximum Gasteiger partial charge on any atom is 0.329 e.